The summed E-state index contributed by atoms with van der Waals surface area (Å²) in [5, 5.41) is 14.2. The Hall–Kier alpha value is -1.80. The van der Waals surface area contributed by atoms with Crippen LogP contribution in [0.15, 0.2) is 35.1 Å². The molecule has 2 aromatic heterocycles. The minimum absolute atomic E-state index is 0.277. The maximum absolute atomic E-state index is 14.0. The normalized spacial score (nSPS) is 15.7. The van der Waals surface area contributed by atoms with E-state index >= 15 is 0 Å². The molecule has 0 N–H and O–H groups in total. The predicted molar refractivity (Wildman–Crippen MR) is 100 cm³/mol. The minimum Gasteiger partial charge on any atom is -0.347 e. The van der Waals surface area contributed by atoms with E-state index in [1.807, 2.05) is 17.9 Å². The standard InChI is InChI=1S/C17H17BrFN5S/c1-23-10-12(9-20-23)11-4-6-24(7-5-11)17-22-21-16(25-17)14-8-13(18)2-3-15(14)19/h2-3,8-11H,4-7H2,1H3. The Morgan fingerprint density at radius 3 is 2.76 bits per heavy atom. The molecular formula is C17H17BrFN5S. The summed E-state index contributed by atoms with van der Waals surface area (Å²) >= 11 is 4.82. The van der Waals surface area contributed by atoms with E-state index < -0.39 is 0 Å². The largest absolute Gasteiger partial charge is 0.347 e. The summed E-state index contributed by atoms with van der Waals surface area (Å²) in [7, 11) is 1.95. The van der Waals surface area contributed by atoms with Crippen molar-refractivity contribution in [2.75, 3.05) is 18.0 Å². The van der Waals surface area contributed by atoms with E-state index in [1.165, 1.54) is 23.0 Å². The molecule has 0 spiro atoms. The van der Waals surface area contributed by atoms with Gasteiger partial charge in [0.25, 0.3) is 0 Å². The van der Waals surface area contributed by atoms with E-state index in [1.54, 1.807) is 12.1 Å². The molecule has 4 rings (SSSR count). The number of anilines is 1. The highest BCUT2D eigenvalue weighted by atomic mass is 79.9. The lowest BCUT2D eigenvalue weighted by Crippen LogP contribution is -2.32. The van der Waals surface area contributed by atoms with Crippen LogP contribution in [0.5, 0.6) is 0 Å². The van der Waals surface area contributed by atoms with Gasteiger partial charge < -0.3 is 4.90 Å². The predicted octanol–water partition coefficient (Wildman–Crippen LogP) is 4.22. The molecule has 0 saturated carbocycles. The molecule has 1 aliphatic heterocycles. The fourth-order valence-electron chi connectivity index (χ4n) is 3.17. The third-order valence-electron chi connectivity index (χ3n) is 4.53. The van der Waals surface area contributed by atoms with Crippen molar-refractivity contribution in [1.29, 1.82) is 0 Å². The van der Waals surface area contributed by atoms with Gasteiger partial charge in [0.15, 0.2) is 5.01 Å². The fraction of sp³-hybridized carbons (Fsp3) is 0.353. The van der Waals surface area contributed by atoms with Crippen LogP contribution in [0.3, 0.4) is 0 Å². The summed E-state index contributed by atoms with van der Waals surface area (Å²) in [4.78, 5) is 2.24. The first kappa shape index (κ1) is 16.7. The molecule has 1 aromatic carbocycles. The second-order valence-electron chi connectivity index (χ2n) is 6.22. The molecule has 0 unspecified atom stereocenters. The molecule has 8 heteroatoms. The van der Waals surface area contributed by atoms with E-state index in [0.29, 0.717) is 16.5 Å². The first-order chi connectivity index (χ1) is 12.1. The van der Waals surface area contributed by atoms with Crippen LogP contribution in [0, 0.1) is 5.82 Å². The number of piperidine rings is 1. The molecule has 130 valence electrons. The quantitative estimate of drug-likeness (QED) is 0.634. The van der Waals surface area contributed by atoms with Gasteiger partial charge in [-0.2, -0.15) is 5.10 Å². The van der Waals surface area contributed by atoms with Crippen LogP contribution in [0.1, 0.15) is 24.3 Å². The van der Waals surface area contributed by atoms with Gasteiger partial charge in [-0.15, -0.1) is 10.2 Å². The minimum atomic E-state index is -0.277. The van der Waals surface area contributed by atoms with Crippen LogP contribution in [0.25, 0.3) is 10.6 Å². The van der Waals surface area contributed by atoms with E-state index in [0.717, 1.165) is 35.5 Å². The highest BCUT2D eigenvalue weighted by molar-refractivity contribution is 9.10. The van der Waals surface area contributed by atoms with Crippen molar-refractivity contribution in [2.45, 2.75) is 18.8 Å². The molecule has 0 radical (unpaired) electrons. The van der Waals surface area contributed by atoms with E-state index in [2.05, 4.69) is 42.3 Å². The third-order valence-corrected chi connectivity index (χ3v) is 6.05. The van der Waals surface area contributed by atoms with Gasteiger partial charge in [-0.05, 0) is 42.5 Å². The monoisotopic (exact) mass is 421 g/mol. The van der Waals surface area contributed by atoms with Crippen LogP contribution in [0.4, 0.5) is 9.52 Å². The number of nitrogens with zero attached hydrogens (tertiary/aromatic N) is 5. The first-order valence-corrected chi connectivity index (χ1v) is 9.73. The maximum Gasteiger partial charge on any atom is 0.208 e. The average Bonchev–Trinajstić information content (AvgIpc) is 3.26. The highest BCUT2D eigenvalue weighted by Crippen LogP contribution is 2.35. The Kier molecular flexibility index (Phi) is 4.56. The van der Waals surface area contributed by atoms with Crippen LogP contribution in [-0.2, 0) is 7.05 Å². The molecule has 5 nitrogen and oxygen atoms in total. The first-order valence-electron chi connectivity index (χ1n) is 8.12. The summed E-state index contributed by atoms with van der Waals surface area (Å²) in [6.07, 6.45) is 6.18. The van der Waals surface area contributed by atoms with Gasteiger partial charge in [-0.1, -0.05) is 27.3 Å². The summed E-state index contributed by atoms with van der Waals surface area (Å²) in [5.41, 5.74) is 1.79. The molecule has 1 saturated heterocycles. The number of halogens is 2. The Labute approximate surface area is 157 Å². The molecule has 0 aliphatic carbocycles. The van der Waals surface area contributed by atoms with Crippen LogP contribution in [0.2, 0.25) is 0 Å². The Morgan fingerprint density at radius 2 is 2.04 bits per heavy atom. The average molecular weight is 422 g/mol. The van der Waals surface area contributed by atoms with Crippen molar-refractivity contribution in [1.82, 2.24) is 20.0 Å². The zero-order valence-electron chi connectivity index (χ0n) is 13.7. The van der Waals surface area contributed by atoms with Crippen LogP contribution >= 0.6 is 27.3 Å². The van der Waals surface area contributed by atoms with E-state index in [-0.39, 0.29) is 5.82 Å². The Bertz CT molecular complexity index is 885. The number of rotatable bonds is 3. The van der Waals surface area contributed by atoms with Gasteiger partial charge >= 0.3 is 0 Å². The molecule has 0 amide bonds. The van der Waals surface area contributed by atoms with Crippen molar-refractivity contribution >= 4 is 32.4 Å². The summed E-state index contributed by atoms with van der Waals surface area (Å²) in [5.74, 6) is 0.265. The lowest BCUT2D eigenvalue weighted by molar-refractivity contribution is 0.504. The van der Waals surface area contributed by atoms with Gasteiger partial charge in [0, 0.05) is 36.4 Å². The Morgan fingerprint density at radius 1 is 1.24 bits per heavy atom. The van der Waals surface area contributed by atoms with Crippen molar-refractivity contribution in [2.24, 2.45) is 7.05 Å². The van der Waals surface area contributed by atoms with Crippen molar-refractivity contribution in [3.63, 3.8) is 0 Å². The lowest BCUT2D eigenvalue weighted by Gasteiger charge is -2.30. The zero-order chi connectivity index (χ0) is 17.4. The Balaban J connectivity index is 1.47. The fourth-order valence-corrected chi connectivity index (χ4v) is 4.44. The molecule has 3 aromatic rings. The molecule has 0 atom stereocenters. The number of benzene rings is 1. The second-order valence-corrected chi connectivity index (χ2v) is 8.09. The van der Waals surface area contributed by atoms with Gasteiger partial charge in [-0.25, -0.2) is 4.39 Å². The van der Waals surface area contributed by atoms with Gasteiger partial charge in [0.2, 0.25) is 5.13 Å². The van der Waals surface area contributed by atoms with E-state index in [4.69, 9.17) is 0 Å². The molecule has 25 heavy (non-hydrogen) atoms. The van der Waals surface area contributed by atoms with Crippen LogP contribution in [-0.4, -0.2) is 33.1 Å². The van der Waals surface area contributed by atoms with Crippen molar-refractivity contribution < 1.29 is 4.39 Å². The molecule has 1 aliphatic rings. The van der Waals surface area contributed by atoms with E-state index in [9.17, 15) is 4.39 Å². The number of hydrogen-bond acceptors (Lipinski definition) is 5. The SMILES string of the molecule is Cn1cc(C2CCN(c3nnc(-c4cc(Br)ccc4F)s3)CC2)cn1. The second kappa shape index (κ2) is 6.84. The highest BCUT2D eigenvalue weighted by Gasteiger charge is 2.24. The third kappa shape index (κ3) is 3.46. The number of aryl methyl sites for hydroxylation is 1. The van der Waals surface area contributed by atoms with Crippen molar-refractivity contribution in [3.05, 3.63) is 46.4 Å². The van der Waals surface area contributed by atoms with Crippen LogP contribution < -0.4 is 4.90 Å². The lowest BCUT2D eigenvalue weighted by atomic mass is 9.92. The maximum atomic E-state index is 14.0. The zero-order valence-corrected chi connectivity index (χ0v) is 16.1. The number of aromatic nitrogens is 4. The number of hydrogen-bond donors (Lipinski definition) is 0. The molecular weight excluding hydrogens is 405 g/mol. The molecule has 1 fully saturated rings. The summed E-state index contributed by atoms with van der Waals surface area (Å²) in [6, 6.07) is 4.87. The van der Waals surface area contributed by atoms with Gasteiger partial charge in [-0.3, -0.25) is 4.68 Å². The summed E-state index contributed by atoms with van der Waals surface area (Å²) in [6.45, 7) is 1.85. The molecule has 0 bridgehead atoms. The molecule has 3 heterocycles. The van der Waals surface area contributed by atoms with Crippen molar-refractivity contribution in [3.8, 4) is 10.6 Å². The summed E-state index contributed by atoms with van der Waals surface area (Å²) < 4.78 is 16.7. The van der Waals surface area contributed by atoms with Gasteiger partial charge in [0.1, 0.15) is 5.82 Å². The topological polar surface area (TPSA) is 46.8 Å². The van der Waals surface area contributed by atoms with Gasteiger partial charge in [0.05, 0.1) is 6.20 Å². The smallest absolute Gasteiger partial charge is 0.208 e.